The molecule has 0 saturated heterocycles. The van der Waals surface area contributed by atoms with Crippen molar-refractivity contribution in [3.8, 4) is 11.5 Å². The molecule has 2 aliphatic rings. The summed E-state index contributed by atoms with van der Waals surface area (Å²) in [7, 11) is 0. The Morgan fingerprint density at radius 2 is 1.85 bits per heavy atom. The van der Waals surface area contributed by atoms with Crippen molar-refractivity contribution in [3.05, 3.63) is 64.2 Å². The molecule has 7 heteroatoms. The van der Waals surface area contributed by atoms with Crippen molar-refractivity contribution in [2.24, 2.45) is 0 Å². The lowest BCUT2D eigenvalue weighted by atomic mass is 10.1. The topological polar surface area (TPSA) is 73.7 Å². The Labute approximate surface area is 148 Å². The number of para-hydroxylation sites is 1. The molecule has 0 saturated carbocycles. The lowest BCUT2D eigenvalue weighted by Crippen LogP contribution is -2.43. The molecule has 130 valence electrons. The van der Waals surface area contributed by atoms with Crippen LogP contribution in [0.15, 0.2) is 47.3 Å². The van der Waals surface area contributed by atoms with Crippen molar-refractivity contribution < 1.29 is 14.3 Å². The molecule has 1 amide bonds. The van der Waals surface area contributed by atoms with Gasteiger partial charge < -0.3 is 14.4 Å². The SMILES string of the molecule is O=C1Cn2c(nc3ccccc3c2=O)CN1Cc1ccc2c(c1)OCO2. The van der Waals surface area contributed by atoms with Gasteiger partial charge in [0.1, 0.15) is 12.4 Å². The molecule has 26 heavy (non-hydrogen) atoms. The van der Waals surface area contributed by atoms with Gasteiger partial charge in [0.25, 0.3) is 5.56 Å². The summed E-state index contributed by atoms with van der Waals surface area (Å²) >= 11 is 0. The molecule has 0 spiro atoms. The minimum Gasteiger partial charge on any atom is -0.454 e. The quantitative estimate of drug-likeness (QED) is 0.704. The zero-order valence-electron chi connectivity index (χ0n) is 13.8. The zero-order valence-corrected chi connectivity index (χ0v) is 13.8. The Kier molecular flexibility index (Phi) is 3.21. The normalized spacial score (nSPS) is 15.4. The highest BCUT2D eigenvalue weighted by atomic mass is 16.7. The summed E-state index contributed by atoms with van der Waals surface area (Å²) in [5.74, 6) is 1.90. The number of fused-ring (bicyclic) bond motifs is 3. The van der Waals surface area contributed by atoms with Gasteiger partial charge in [-0.05, 0) is 29.8 Å². The molecule has 7 nitrogen and oxygen atoms in total. The number of ether oxygens (including phenoxy) is 2. The minimum absolute atomic E-state index is 0.0105. The molecule has 3 aromatic rings. The maximum absolute atomic E-state index is 12.6. The molecule has 0 atom stereocenters. The number of carbonyl (C=O) groups is 1. The van der Waals surface area contributed by atoms with Crippen molar-refractivity contribution in [1.82, 2.24) is 14.5 Å². The Balaban J connectivity index is 1.48. The number of hydrogen-bond acceptors (Lipinski definition) is 5. The zero-order chi connectivity index (χ0) is 17.7. The number of nitrogens with zero attached hydrogens (tertiary/aromatic N) is 3. The van der Waals surface area contributed by atoms with Crippen LogP contribution in [0.1, 0.15) is 11.4 Å². The summed E-state index contributed by atoms with van der Waals surface area (Å²) < 4.78 is 12.2. The molecule has 0 radical (unpaired) electrons. The number of hydrogen-bond donors (Lipinski definition) is 0. The Bertz CT molecular complexity index is 1110. The van der Waals surface area contributed by atoms with Gasteiger partial charge in [-0.2, -0.15) is 0 Å². The third-order valence-corrected chi connectivity index (χ3v) is 4.73. The van der Waals surface area contributed by atoms with E-state index in [2.05, 4.69) is 4.98 Å². The van der Waals surface area contributed by atoms with E-state index in [1.807, 2.05) is 30.3 Å². The predicted molar refractivity (Wildman–Crippen MR) is 92.8 cm³/mol. The Morgan fingerprint density at radius 1 is 1.00 bits per heavy atom. The highest BCUT2D eigenvalue weighted by Crippen LogP contribution is 2.33. The van der Waals surface area contributed by atoms with Gasteiger partial charge in [-0.3, -0.25) is 14.2 Å². The molecule has 1 aromatic heterocycles. The standard InChI is InChI=1S/C19H15N3O4/c23-18-10-22-17(20-14-4-2-1-3-13(14)19(22)24)9-21(18)8-12-5-6-15-16(7-12)26-11-25-15/h1-7H,8-11H2. The van der Waals surface area contributed by atoms with Crippen LogP contribution in [0.5, 0.6) is 11.5 Å². The molecule has 0 bridgehead atoms. The molecular weight excluding hydrogens is 334 g/mol. The van der Waals surface area contributed by atoms with Crippen molar-refractivity contribution in [2.45, 2.75) is 19.6 Å². The third kappa shape index (κ3) is 2.32. The maximum Gasteiger partial charge on any atom is 0.261 e. The van der Waals surface area contributed by atoms with Gasteiger partial charge in [-0.25, -0.2) is 4.98 Å². The number of carbonyl (C=O) groups excluding carboxylic acids is 1. The fourth-order valence-electron chi connectivity index (χ4n) is 3.40. The van der Waals surface area contributed by atoms with Crippen LogP contribution in [-0.4, -0.2) is 27.2 Å². The van der Waals surface area contributed by atoms with E-state index in [1.54, 1.807) is 17.0 Å². The number of aromatic nitrogens is 2. The summed E-state index contributed by atoms with van der Waals surface area (Å²) in [5, 5.41) is 0.535. The fourth-order valence-corrected chi connectivity index (χ4v) is 3.40. The number of amides is 1. The van der Waals surface area contributed by atoms with Gasteiger partial charge in [-0.15, -0.1) is 0 Å². The van der Waals surface area contributed by atoms with Crippen molar-refractivity contribution >= 4 is 16.8 Å². The molecule has 3 heterocycles. The van der Waals surface area contributed by atoms with Crippen molar-refractivity contribution in [2.75, 3.05) is 6.79 Å². The first kappa shape index (κ1) is 14.9. The average molecular weight is 349 g/mol. The number of benzene rings is 2. The lowest BCUT2D eigenvalue weighted by molar-refractivity contribution is -0.135. The second-order valence-electron chi connectivity index (χ2n) is 6.37. The molecular formula is C19H15N3O4. The molecule has 2 aromatic carbocycles. The van der Waals surface area contributed by atoms with E-state index < -0.39 is 0 Å². The maximum atomic E-state index is 12.6. The van der Waals surface area contributed by atoms with E-state index in [-0.39, 0.29) is 24.8 Å². The highest BCUT2D eigenvalue weighted by molar-refractivity contribution is 5.80. The van der Waals surface area contributed by atoms with E-state index in [9.17, 15) is 9.59 Å². The van der Waals surface area contributed by atoms with Gasteiger partial charge in [0.05, 0.1) is 17.4 Å². The van der Waals surface area contributed by atoms with E-state index >= 15 is 0 Å². The van der Waals surface area contributed by atoms with Crippen LogP contribution in [0.4, 0.5) is 0 Å². The summed E-state index contributed by atoms with van der Waals surface area (Å²) in [6, 6.07) is 12.8. The van der Waals surface area contributed by atoms with E-state index in [0.717, 1.165) is 5.56 Å². The van der Waals surface area contributed by atoms with Gasteiger partial charge in [0.15, 0.2) is 11.5 Å². The monoisotopic (exact) mass is 349 g/mol. The van der Waals surface area contributed by atoms with Crippen LogP contribution in [0.2, 0.25) is 0 Å². The van der Waals surface area contributed by atoms with Gasteiger partial charge in [0, 0.05) is 6.54 Å². The highest BCUT2D eigenvalue weighted by Gasteiger charge is 2.26. The molecule has 5 rings (SSSR count). The second-order valence-corrected chi connectivity index (χ2v) is 6.37. The molecule has 0 fully saturated rings. The third-order valence-electron chi connectivity index (χ3n) is 4.73. The second kappa shape index (κ2) is 5.59. The van der Waals surface area contributed by atoms with Crippen LogP contribution >= 0.6 is 0 Å². The van der Waals surface area contributed by atoms with Gasteiger partial charge >= 0.3 is 0 Å². The molecule has 0 N–H and O–H groups in total. The summed E-state index contributed by atoms with van der Waals surface area (Å²) in [5.41, 5.74) is 1.43. The van der Waals surface area contributed by atoms with Crippen LogP contribution in [0, 0.1) is 0 Å². The van der Waals surface area contributed by atoms with E-state index in [4.69, 9.17) is 9.47 Å². The largest absolute Gasteiger partial charge is 0.454 e. The van der Waals surface area contributed by atoms with E-state index in [0.29, 0.717) is 41.3 Å². The predicted octanol–water partition coefficient (Wildman–Crippen LogP) is 1.67. The Hall–Kier alpha value is -3.35. The first-order chi connectivity index (χ1) is 12.7. The van der Waals surface area contributed by atoms with E-state index in [1.165, 1.54) is 4.57 Å². The average Bonchev–Trinajstić information content (AvgIpc) is 3.11. The van der Waals surface area contributed by atoms with Gasteiger partial charge in [0.2, 0.25) is 12.7 Å². The summed E-state index contributed by atoms with van der Waals surface area (Å²) in [6.45, 7) is 0.955. The summed E-state index contributed by atoms with van der Waals surface area (Å²) in [4.78, 5) is 31.5. The smallest absolute Gasteiger partial charge is 0.261 e. The number of rotatable bonds is 2. The summed E-state index contributed by atoms with van der Waals surface area (Å²) in [6.07, 6.45) is 0. The Morgan fingerprint density at radius 3 is 2.77 bits per heavy atom. The van der Waals surface area contributed by atoms with Crippen LogP contribution in [-0.2, 0) is 24.4 Å². The lowest BCUT2D eigenvalue weighted by Gasteiger charge is -2.29. The van der Waals surface area contributed by atoms with Crippen LogP contribution in [0.3, 0.4) is 0 Å². The minimum atomic E-state index is -0.165. The molecule has 0 unspecified atom stereocenters. The van der Waals surface area contributed by atoms with Crippen LogP contribution < -0.4 is 15.0 Å². The first-order valence-corrected chi connectivity index (χ1v) is 8.34. The van der Waals surface area contributed by atoms with Gasteiger partial charge in [-0.1, -0.05) is 18.2 Å². The molecule has 0 aliphatic carbocycles. The fraction of sp³-hybridized carbons (Fsp3) is 0.211. The molecule has 2 aliphatic heterocycles. The van der Waals surface area contributed by atoms with Crippen LogP contribution in [0.25, 0.3) is 10.9 Å². The first-order valence-electron chi connectivity index (χ1n) is 8.34. The van der Waals surface area contributed by atoms with Crippen molar-refractivity contribution in [3.63, 3.8) is 0 Å². The van der Waals surface area contributed by atoms with Crippen molar-refractivity contribution in [1.29, 1.82) is 0 Å².